The molecule has 0 saturated heterocycles. The standard InChI is InChI=1S/C42H62OSi/c1-26(2)33-21-35(28(5)6)40(36(22-33)29(7)8)44(43,25-39(42(13,14)15)32-19-17-16-18-20-32)41-37(30(9)10)23-34(27(3)4)24-38(41)31(11)12/h16-31,43H,1-15H3/b39-25-. The van der Waals surface area contributed by atoms with Gasteiger partial charge in [-0.25, -0.2) is 0 Å². The van der Waals surface area contributed by atoms with Crippen molar-refractivity contribution in [1.82, 2.24) is 0 Å². The highest BCUT2D eigenvalue weighted by Gasteiger charge is 2.44. The predicted octanol–water partition coefficient (Wildman–Crippen LogP) is 11.1. The van der Waals surface area contributed by atoms with Crippen LogP contribution in [0, 0.1) is 5.41 Å². The lowest BCUT2D eigenvalue weighted by Gasteiger charge is -2.38. The van der Waals surface area contributed by atoms with Crippen molar-refractivity contribution in [3.8, 4) is 0 Å². The topological polar surface area (TPSA) is 20.2 Å². The normalized spacial score (nSPS) is 13.5. The molecule has 1 N–H and O–H groups in total. The van der Waals surface area contributed by atoms with Crippen LogP contribution in [0.25, 0.3) is 5.57 Å². The Morgan fingerprint density at radius 1 is 0.545 bits per heavy atom. The van der Waals surface area contributed by atoms with Crippen LogP contribution in [0.2, 0.25) is 0 Å². The Labute approximate surface area is 272 Å². The summed E-state index contributed by atoms with van der Waals surface area (Å²) in [6.45, 7) is 34.5. The van der Waals surface area contributed by atoms with Gasteiger partial charge in [-0.05, 0) is 95.8 Å². The molecule has 1 nitrogen and oxygen atoms in total. The summed E-state index contributed by atoms with van der Waals surface area (Å²) >= 11 is 0. The first-order chi connectivity index (χ1) is 20.3. The van der Waals surface area contributed by atoms with E-state index in [1.165, 1.54) is 54.9 Å². The highest BCUT2D eigenvalue weighted by molar-refractivity contribution is 7.02. The van der Waals surface area contributed by atoms with Gasteiger partial charge in [0.25, 0.3) is 8.32 Å². The quantitative estimate of drug-likeness (QED) is 0.226. The van der Waals surface area contributed by atoms with Crippen LogP contribution in [0.15, 0.2) is 60.3 Å². The maximum Gasteiger partial charge on any atom is 0.279 e. The SMILES string of the molecule is CC(C)c1cc(C(C)C)c([Si](O)(/C=C(/c2ccccc2)C(C)(C)C)c2c(C(C)C)cc(C(C)C)cc2C(C)C)c(C(C)C)c1. The van der Waals surface area contributed by atoms with Crippen molar-refractivity contribution in [2.45, 2.75) is 139 Å². The molecular weight excluding hydrogens is 549 g/mol. The first kappa shape index (κ1) is 36.0. The molecule has 0 fully saturated rings. The minimum atomic E-state index is -3.56. The predicted molar refractivity (Wildman–Crippen MR) is 199 cm³/mol. The summed E-state index contributed by atoms with van der Waals surface area (Å²) in [5.74, 6) is 1.96. The van der Waals surface area contributed by atoms with Crippen molar-refractivity contribution in [2.75, 3.05) is 0 Å². The molecule has 0 aliphatic rings. The zero-order valence-corrected chi connectivity index (χ0v) is 31.7. The Bertz CT molecular complexity index is 1310. The molecule has 44 heavy (non-hydrogen) atoms. The second kappa shape index (κ2) is 13.9. The van der Waals surface area contributed by atoms with Gasteiger partial charge >= 0.3 is 0 Å². The van der Waals surface area contributed by atoms with Crippen LogP contribution >= 0.6 is 0 Å². The van der Waals surface area contributed by atoms with Gasteiger partial charge in [0.15, 0.2) is 0 Å². The number of benzene rings is 3. The highest BCUT2D eigenvalue weighted by atomic mass is 28.4. The van der Waals surface area contributed by atoms with E-state index in [-0.39, 0.29) is 29.1 Å². The van der Waals surface area contributed by atoms with E-state index in [2.05, 4.69) is 164 Å². The third-order valence-corrected chi connectivity index (χ3v) is 12.7. The average Bonchev–Trinajstić information content (AvgIpc) is 2.93. The zero-order chi connectivity index (χ0) is 33.3. The summed E-state index contributed by atoms with van der Waals surface area (Å²) in [5, 5.41) is 2.43. The van der Waals surface area contributed by atoms with E-state index in [1.54, 1.807) is 0 Å². The van der Waals surface area contributed by atoms with E-state index in [4.69, 9.17) is 0 Å². The summed E-state index contributed by atoms with van der Waals surface area (Å²) in [5.41, 5.74) is 12.6. The average molecular weight is 611 g/mol. The van der Waals surface area contributed by atoms with E-state index in [9.17, 15) is 4.80 Å². The van der Waals surface area contributed by atoms with Crippen LogP contribution in [0.4, 0.5) is 0 Å². The molecule has 0 radical (unpaired) electrons. The summed E-state index contributed by atoms with van der Waals surface area (Å²) in [4.78, 5) is 14.2. The molecule has 0 aliphatic carbocycles. The van der Waals surface area contributed by atoms with E-state index in [0.717, 1.165) is 0 Å². The molecule has 0 aliphatic heterocycles. The van der Waals surface area contributed by atoms with Gasteiger partial charge in [-0.2, -0.15) is 0 Å². The molecule has 0 spiro atoms. The van der Waals surface area contributed by atoms with Crippen molar-refractivity contribution in [1.29, 1.82) is 0 Å². The maximum atomic E-state index is 14.2. The van der Waals surface area contributed by atoms with Crippen LogP contribution in [0.3, 0.4) is 0 Å². The molecule has 0 bridgehead atoms. The first-order valence-electron chi connectivity index (χ1n) is 17.2. The zero-order valence-electron chi connectivity index (χ0n) is 30.7. The van der Waals surface area contributed by atoms with Gasteiger partial charge < -0.3 is 4.80 Å². The summed E-state index contributed by atoms with van der Waals surface area (Å²) in [7, 11) is -3.56. The van der Waals surface area contributed by atoms with Crippen LogP contribution in [0.5, 0.6) is 0 Å². The Balaban J connectivity index is 2.77. The molecule has 0 saturated carbocycles. The fourth-order valence-corrected chi connectivity index (χ4v) is 11.4. The van der Waals surface area contributed by atoms with E-state index >= 15 is 0 Å². The third-order valence-electron chi connectivity index (χ3n) is 9.27. The van der Waals surface area contributed by atoms with Gasteiger partial charge in [-0.3, -0.25) is 0 Å². The number of allylic oxidation sites excluding steroid dienone is 1. The first-order valence-corrected chi connectivity index (χ1v) is 19.2. The number of hydrogen-bond donors (Lipinski definition) is 1. The molecule has 3 aromatic rings. The Morgan fingerprint density at radius 2 is 0.864 bits per heavy atom. The second-order valence-electron chi connectivity index (χ2n) is 16.0. The smallest absolute Gasteiger partial charge is 0.279 e. The lowest BCUT2D eigenvalue weighted by atomic mass is 9.83. The van der Waals surface area contributed by atoms with Gasteiger partial charge in [0.05, 0.1) is 0 Å². The summed E-state index contributed by atoms with van der Waals surface area (Å²) < 4.78 is 0. The fraction of sp³-hybridized carbons (Fsp3) is 0.524. The van der Waals surface area contributed by atoms with Gasteiger partial charge in [0, 0.05) is 0 Å². The van der Waals surface area contributed by atoms with Crippen molar-refractivity contribution in [2.24, 2.45) is 5.41 Å². The number of hydrogen-bond acceptors (Lipinski definition) is 1. The van der Waals surface area contributed by atoms with E-state index in [1.807, 2.05) is 0 Å². The molecule has 0 atom stereocenters. The molecule has 0 heterocycles. The second-order valence-corrected chi connectivity index (χ2v) is 18.8. The highest BCUT2D eigenvalue weighted by Crippen LogP contribution is 2.38. The van der Waals surface area contributed by atoms with Crippen molar-refractivity contribution in [3.05, 3.63) is 99.2 Å². The van der Waals surface area contributed by atoms with E-state index < -0.39 is 8.32 Å². The Morgan fingerprint density at radius 3 is 1.11 bits per heavy atom. The Hall–Kier alpha value is -2.42. The van der Waals surface area contributed by atoms with Crippen LogP contribution in [-0.2, 0) is 0 Å². The monoisotopic (exact) mass is 610 g/mol. The van der Waals surface area contributed by atoms with Crippen molar-refractivity contribution >= 4 is 24.3 Å². The lowest BCUT2D eigenvalue weighted by Crippen LogP contribution is -2.63. The van der Waals surface area contributed by atoms with Gasteiger partial charge in [-0.1, -0.05) is 164 Å². The van der Waals surface area contributed by atoms with Crippen LogP contribution < -0.4 is 10.4 Å². The molecule has 0 aromatic heterocycles. The molecular formula is C42H62OSi. The van der Waals surface area contributed by atoms with Gasteiger partial charge in [0.1, 0.15) is 0 Å². The lowest BCUT2D eigenvalue weighted by molar-refractivity contribution is 0.558. The van der Waals surface area contributed by atoms with Crippen LogP contribution in [-0.4, -0.2) is 13.1 Å². The Kier molecular flexibility index (Phi) is 11.4. The van der Waals surface area contributed by atoms with Gasteiger partial charge in [0.2, 0.25) is 0 Å². The van der Waals surface area contributed by atoms with E-state index in [0.29, 0.717) is 11.8 Å². The molecule has 0 amide bonds. The summed E-state index contributed by atoms with van der Waals surface area (Å²) in [6.07, 6.45) is 0. The van der Waals surface area contributed by atoms with Crippen LogP contribution in [0.1, 0.15) is 178 Å². The van der Waals surface area contributed by atoms with Gasteiger partial charge in [-0.15, -0.1) is 0 Å². The van der Waals surface area contributed by atoms with Crippen molar-refractivity contribution in [3.63, 3.8) is 0 Å². The largest absolute Gasteiger partial charge is 0.421 e. The molecule has 2 heteroatoms. The summed E-state index contributed by atoms with van der Waals surface area (Å²) in [6, 6.07) is 20.5. The molecule has 240 valence electrons. The molecule has 0 unspecified atom stereocenters. The minimum Gasteiger partial charge on any atom is -0.421 e. The maximum absolute atomic E-state index is 14.2. The molecule has 3 rings (SSSR count). The fourth-order valence-electron chi connectivity index (χ4n) is 6.62. The molecule has 3 aromatic carbocycles. The number of rotatable bonds is 10. The minimum absolute atomic E-state index is 0.163. The van der Waals surface area contributed by atoms with Crippen molar-refractivity contribution < 1.29 is 4.80 Å². The third kappa shape index (κ3) is 7.51.